The number of hydrogen-bond acceptors (Lipinski definition) is 3. The molecular weight excluding hydrogens is 329 g/mol. The molecule has 3 rings (SSSR count). The Kier molecular flexibility index (Phi) is 5.07. The molecule has 0 aliphatic rings. The van der Waals surface area contributed by atoms with Crippen molar-refractivity contribution in [2.24, 2.45) is 4.99 Å². The van der Waals surface area contributed by atoms with Crippen LogP contribution in [-0.4, -0.2) is 36.1 Å². The predicted octanol–water partition coefficient (Wildman–Crippen LogP) is 4.33. The molecule has 0 bridgehead atoms. The van der Waals surface area contributed by atoms with Gasteiger partial charge in [0.15, 0.2) is 0 Å². The molecule has 0 aliphatic carbocycles. The summed E-state index contributed by atoms with van der Waals surface area (Å²) in [7, 11) is 3.44. The Morgan fingerprint density at radius 1 is 1.19 bits per heavy atom. The van der Waals surface area contributed by atoms with Crippen LogP contribution in [0.1, 0.15) is 21.6 Å². The minimum atomic E-state index is -0.297. The van der Waals surface area contributed by atoms with Crippen LogP contribution < -0.4 is 0 Å². The van der Waals surface area contributed by atoms with Gasteiger partial charge in [-0.25, -0.2) is 4.39 Å². The van der Waals surface area contributed by atoms with E-state index in [1.807, 2.05) is 31.2 Å². The van der Waals surface area contributed by atoms with Crippen LogP contribution >= 0.6 is 0 Å². The van der Waals surface area contributed by atoms with E-state index < -0.39 is 0 Å². The van der Waals surface area contributed by atoms with Crippen molar-refractivity contribution in [3.8, 4) is 0 Å². The molecule has 26 heavy (non-hydrogen) atoms. The van der Waals surface area contributed by atoms with E-state index in [1.165, 1.54) is 12.1 Å². The highest BCUT2D eigenvalue weighted by molar-refractivity contribution is 5.99. The second-order valence-corrected chi connectivity index (χ2v) is 6.32. The molecule has 3 aromatic rings. The lowest BCUT2D eigenvalue weighted by Crippen LogP contribution is -2.23. The van der Waals surface area contributed by atoms with Gasteiger partial charge in [-0.15, -0.1) is 0 Å². The van der Waals surface area contributed by atoms with Gasteiger partial charge in [0.05, 0.1) is 22.5 Å². The number of pyridine rings is 1. The monoisotopic (exact) mass is 349 g/mol. The number of aromatic nitrogens is 1. The second kappa shape index (κ2) is 7.44. The molecule has 0 unspecified atom stereocenters. The minimum Gasteiger partial charge on any atom is -0.345 e. The third-order valence-electron chi connectivity index (χ3n) is 4.11. The van der Waals surface area contributed by atoms with Crippen LogP contribution in [0, 0.1) is 12.7 Å². The van der Waals surface area contributed by atoms with Crippen LogP contribution in [0.15, 0.2) is 53.5 Å². The van der Waals surface area contributed by atoms with Crippen molar-refractivity contribution in [3.63, 3.8) is 0 Å². The molecule has 0 fully saturated rings. The maximum atomic E-state index is 13.0. The first-order valence-electron chi connectivity index (χ1n) is 8.34. The first-order chi connectivity index (χ1) is 12.5. The van der Waals surface area contributed by atoms with Crippen LogP contribution in [0.2, 0.25) is 0 Å². The summed E-state index contributed by atoms with van der Waals surface area (Å²) in [6.45, 7) is 2.00. The summed E-state index contributed by atoms with van der Waals surface area (Å²) < 4.78 is 13.0. The maximum absolute atomic E-state index is 13.0. The van der Waals surface area contributed by atoms with Gasteiger partial charge in [-0.1, -0.05) is 18.2 Å². The highest BCUT2D eigenvalue weighted by Crippen LogP contribution is 2.21. The summed E-state index contributed by atoms with van der Waals surface area (Å²) in [5.41, 5.74) is 3.84. The van der Waals surface area contributed by atoms with E-state index in [0.29, 0.717) is 23.4 Å². The zero-order valence-electron chi connectivity index (χ0n) is 15.0. The Morgan fingerprint density at radius 3 is 2.62 bits per heavy atom. The molecule has 1 aromatic heterocycles. The van der Waals surface area contributed by atoms with E-state index in [1.54, 1.807) is 37.3 Å². The lowest BCUT2D eigenvalue weighted by atomic mass is 10.0. The molecule has 0 radical (unpaired) electrons. The normalized spacial score (nSPS) is 11.2. The number of nitrogens with zero attached hydrogens (tertiary/aromatic N) is 3. The van der Waals surface area contributed by atoms with Gasteiger partial charge in [0, 0.05) is 32.1 Å². The number of aryl methyl sites for hydroxylation is 1. The van der Waals surface area contributed by atoms with Crippen molar-refractivity contribution in [1.82, 2.24) is 9.88 Å². The number of carbonyl (C=O) groups excluding carboxylic acids is 1. The summed E-state index contributed by atoms with van der Waals surface area (Å²) in [5, 5.41) is 0.939. The number of benzene rings is 2. The summed E-state index contributed by atoms with van der Waals surface area (Å²) in [4.78, 5) is 23.2. The van der Waals surface area contributed by atoms with Gasteiger partial charge in [0.25, 0.3) is 5.91 Å². The molecular formula is C21H20FN3O. The Balaban J connectivity index is 1.99. The number of hydrogen-bond donors (Lipinski definition) is 0. The molecule has 1 amide bonds. The van der Waals surface area contributed by atoms with E-state index >= 15 is 0 Å². The molecule has 0 spiro atoms. The summed E-state index contributed by atoms with van der Waals surface area (Å²) >= 11 is 0. The van der Waals surface area contributed by atoms with Gasteiger partial charge in [-0.3, -0.25) is 14.8 Å². The number of fused-ring (bicyclic) bond motifs is 1. The number of aliphatic imine (C=N–C) groups is 1. The zero-order chi connectivity index (χ0) is 18.7. The molecule has 132 valence electrons. The number of rotatable bonds is 4. The predicted molar refractivity (Wildman–Crippen MR) is 103 cm³/mol. The van der Waals surface area contributed by atoms with E-state index in [0.717, 1.165) is 16.5 Å². The van der Waals surface area contributed by atoms with Gasteiger partial charge < -0.3 is 4.90 Å². The smallest absolute Gasteiger partial charge is 0.255 e. The van der Waals surface area contributed by atoms with Gasteiger partial charge >= 0.3 is 0 Å². The molecule has 0 N–H and O–H groups in total. The summed E-state index contributed by atoms with van der Waals surface area (Å²) in [5.74, 6) is -0.388. The number of halogens is 1. The standard InChI is InChI=1S/C21H20FN3O/c1-14-5-4-6-15-13-18(21(26)25(2)3)19(24-20(14)15)11-12-23-17-9-7-16(22)8-10-17/h4-10,12-13H,11H2,1-3H3. The average molecular weight is 349 g/mol. The van der Waals surface area contributed by atoms with Gasteiger partial charge in [0.2, 0.25) is 0 Å². The molecule has 0 saturated heterocycles. The van der Waals surface area contributed by atoms with Crippen LogP contribution in [0.3, 0.4) is 0 Å². The summed E-state index contributed by atoms with van der Waals surface area (Å²) in [6.07, 6.45) is 2.11. The maximum Gasteiger partial charge on any atom is 0.255 e. The van der Waals surface area contributed by atoms with Crippen LogP contribution in [0.4, 0.5) is 10.1 Å². The SMILES string of the molecule is Cc1cccc2cc(C(=O)N(C)C)c(CC=Nc3ccc(F)cc3)nc12. The third-order valence-corrected chi connectivity index (χ3v) is 4.11. The first kappa shape index (κ1) is 17.7. The van der Waals surface area contributed by atoms with Crippen LogP contribution in [-0.2, 0) is 6.42 Å². The minimum absolute atomic E-state index is 0.0916. The molecule has 0 atom stereocenters. The van der Waals surface area contributed by atoms with Crippen LogP contribution in [0.5, 0.6) is 0 Å². The van der Waals surface area contributed by atoms with Crippen molar-refractivity contribution in [2.45, 2.75) is 13.3 Å². The lowest BCUT2D eigenvalue weighted by molar-refractivity contribution is 0.0826. The molecule has 4 nitrogen and oxygen atoms in total. The van der Waals surface area contributed by atoms with Crippen molar-refractivity contribution >= 4 is 28.7 Å². The van der Waals surface area contributed by atoms with Crippen molar-refractivity contribution < 1.29 is 9.18 Å². The fourth-order valence-electron chi connectivity index (χ4n) is 2.73. The van der Waals surface area contributed by atoms with E-state index in [2.05, 4.69) is 4.99 Å². The number of amides is 1. The average Bonchev–Trinajstić information content (AvgIpc) is 2.63. The van der Waals surface area contributed by atoms with Crippen molar-refractivity contribution in [3.05, 3.63) is 71.2 Å². The molecule has 0 aliphatic heterocycles. The third kappa shape index (κ3) is 3.77. The first-order valence-corrected chi connectivity index (χ1v) is 8.34. The zero-order valence-corrected chi connectivity index (χ0v) is 15.0. The van der Waals surface area contributed by atoms with E-state index in [4.69, 9.17) is 4.98 Å². The van der Waals surface area contributed by atoms with Gasteiger partial charge in [0.1, 0.15) is 5.82 Å². The van der Waals surface area contributed by atoms with Crippen molar-refractivity contribution in [1.29, 1.82) is 0 Å². The second-order valence-electron chi connectivity index (χ2n) is 6.32. The highest BCUT2D eigenvalue weighted by atomic mass is 19.1. The highest BCUT2D eigenvalue weighted by Gasteiger charge is 2.16. The van der Waals surface area contributed by atoms with Gasteiger partial charge in [-0.2, -0.15) is 0 Å². The Bertz CT molecular complexity index is 978. The van der Waals surface area contributed by atoms with Gasteiger partial charge in [-0.05, 0) is 42.8 Å². The Morgan fingerprint density at radius 2 is 1.92 bits per heavy atom. The molecule has 2 aromatic carbocycles. The number of para-hydroxylation sites is 1. The Labute approximate surface area is 152 Å². The van der Waals surface area contributed by atoms with E-state index in [9.17, 15) is 9.18 Å². The fourth-order valence-corrected chi connectivity index (χ4v) is 2.73. The quantitative estimate of drug-likeness (QED) is 0.658. The Hall–Kier alpha value is -3.08. The molecule has 5 heteroatoms. The number of carbonyl (C=O) groups is 1. The summed E-state index contributed by atoms with van der Waals surface area (Å²) in [6, 6.07) is 13.7. The molecule has 0 saturated carbocycles. The largest absolute Gasteiger partial charge is 0.345 e. The lowest BCUT2D eigenvalue weighted by Gasteiger charge is -2.14. The molecule has 1 heterocycles. The fraction of sp³-hybridized carbons (Fsp3) is 0.190. The van der Waals surface area contributed by atoms with Crippen molar-refractivity contribution in [2.75, 3.05) is 14.1 Å². The van der Waals surface area contributed by atoms with Crippen LogP contribution in [0.25, 0.3) is 10.9 Å². The van der Waals surface area contributed by atoms with E-state index in [-0.39, 0.29) is 11.7 Å². The topological polar surface area (TPSA) is 45.6 Å².